The molecule has 0 aromatic carbocycles. The van der Waals surface area contributed by atoms with Gasteiger partial charge in [0.25, 0.3) is 0 Å². The summed E-state index contributed by atoms with van der Waals surface area (Å²) in [6.07, 6.45) is 1.97. The summed E-state index contributed by atoms with van der Waals surface area (Å²) in [6.45, 7) is 0. The van der Waals surface area contributed by atoms with E-state index >= 15 is 0 Å². The van der Waals surface area contributed by atoms with E-state index in [2.05, 4.69) is 14.7 Å². The van der Waals surface area contributed by atoms with E-state index in [1.807, 2.05) is 0 Å². The summed E-state index contributed by atoms with van der Waals surface area (Å²) in [5.74, 6) is -0.600. The Morgan fingerprint density at radius 1 is 1.62 bits per heavy atom. The maximum Gasteiger partial charge on any atom is 0.340 e. The molecule has 0 aliphatic rings. The molecule has 0 fully saturated rings. The second-order valence-corrected chi connectivity index (χ2v) is 3.51. The average Bonchev–Trinajstić information content (AvgIpc) is 2.65. The Bertz CT molecular complexity index is 577. The van der Waals surface area contributed by atoms with Crippen LogP contribution in [0, 0.1) is 0 Å². The summed E-state index contributed by atoms with van der Waals surface area (Å²) in [6, 6.07) is 1.56. The summed E-state index contributed by atoms with van der Waals surface area (Å²) in [5, 5.41) is 0.857. The molecule has 0 radical (unpaired) electrons. The number of aromatic amines is 1. The largest absolute Gasteiger partial charge is 0.465 e. The molecule has 0 saturated carbocycles. The highest BCUT2D eigenvalue weighted by atomic mass is 35.5. The predicted molar refractivity (Wildman–Crippen MR) is 57.8 cm³/mol. The van der Waals surface area contributed by atoms with Crippen LogP contribution in [-0.2, 0) is 4.74 Å². The molecule has 0 spiro atoms. The van der Waals surface area contributed by atoms with Crippen LogP contribution in [0.15, 0.2) is 12.3 Å². The first-order chi connectivity index (χ1) is 7.67. The summed E-state index contributed by atoms with van der Waals surface area (Å²) in [7, 11) is 1.24. The zero-order valence-electron chi connectivity index (χ0n) is 8.28. The highest BCUT2D eigenvalue weighted by Crippen LogP contribution is 2.23. The second kappa shape index (κ2) is 3.94. The maximum atomic E-state index is 11.5. The number of fused-ring (bicyclic) bond motifs is 1. The Morgan fingerprint density at radius 2 is 2.38 bits per heavy atom. The SMILES string of the molecule is COC(=O)c1c(C=O)[nH]c2ncc(Cl)cc12. The predicted octanol–water partition coefficient (Wildman–Crippen LogP) is 1.82. The van der Waals surface area contributed by atoms with Gasteiger partial charge in [0.1, 0.15) is 5.65 Å². The molecule has 0 bridgehead atoms. The van der Waals surface area contributed by atoms with Crippen molar-refractivity contribution in [1.29, 1.82) is 0 Å². The van der Waals surface area contributed by atoms with Crippen LogP contribution in [0.4, 0.5) is 0 Å². The summed E-state index contributed by atoms with van der Waals surface area (Å²) in [4.78, 5) is 29.0. The number of ether oxygens (including phenoxy) is 1. The molecule has 0 aliphatic carbocycles. The number of carbonyl (C=O) groups excluding carboxylic acids is 2. The van der Waals surface area contributed by atoms with Crippen LogP contribution >= 0.6 is 11.6 Å². The van der Waals surface area contributed by atoms with Crippen LogP contribution in [0.25, 0.3) is 11.0 Å². The molecule has 2 rings (SSSR count). The molecule has 82 valence electrons. The number of aromatic nitrogens is 2. The van der Waals surface area contributed by atoms with Gasteiger partial charge in [0.05, 0.1) is 23.4 Å². The minimum absolute atomic E-state index is 0.136. The third-order valence-electron chi connectivity index (χ3n) is 2.15. The van der Waals surface area contributed by atoms with Gasteiger partial charge in [0.2, 0.25) is 0 Å². The molecular formula is C10H7ClN2O3. The highest BCUT2D eigenvalue weighted by molar-refractivity contribution is 6.31. The number of methoxy groups -OCH3 is 1. The lowest BCUT2D eigenvalue weighted by Gasteiger charge is -1.97. The number of nitrogens with zero attached hydrogens (tertiary/aromatic N) is 1. The Labute approximate surface area is 95.4 Å². The van der Waals surface area contributed by atoms with E-state index in [-0.39, 0.29) is 11.3 Å². The molecule has 0 amide bonds. The molecule has 2 heterocycles. The number of pyridine rings is 1. The molecule has 5 nitrogen and oxygen atoms in total. The molecule has 2 aromatic heterocycles. The zero-order valence-corrected chi connectivity index (χ0v) is 9.04. The molecule has 2 aromatic rings. The van der Waals surface area contributed by atoms with Gasteiger partial charge in [-0.1, -0.05) is 11.6 Å². The number of esters is 1. The lowest BCUT2D eigenvalue weighted by atomic mass is 10.2. The summed E-state index contributed by atoms with van der Waals surface area (Å²) in [5.41, 5.74) is 0.714. The van der Waals surface area contributed by atoms with E-state index in [4.69, 9.17) is 11.6 Å². The monoisotopic (exact) mass is 238 g/mol. The van der Waals surface area contributed by atoms with E-state index in [1.165, 1.54) is 13.3 Å². The summed E-state index contributed by atoms with van der Waals surface area (Å²) < 4.78 is 4.60. The van der Waals surface area contributed by atoms with Gasteiger partial charge in [-0.15, -0.1) is 0 Å². The molecule has 6 heteroatoms. The van der Waals surface area contributed by atoms with Crippen LogP contribution in [0.5, 0.6) is 0 Å². The van der Waals surface area contributed by atoms with Gasteiger partial charge in [0.15, 0.2) is 6.29 Å². The number of H-pyrrole nitrogens is 1. The van der Waals surface area contributed by atoms with Crippen molar-refractivity contribution in [3.05, 3.63) is 28.5 Å². The maximum absolute atomic E-state index is 11.5. The van der Waals surface area contributed by atoms with E-state index in [0.717, 1.165) is 0 Å². The number of hydrogen-bond acceptors (Lipinski definition) is 4. The number of rotatable bonds is 2. The van der Waals surface area contributed by atoms with Gasteiger partial charge in [0, 0.05) is 11.6 Å². The lowest BCUT2D eigenvalue weighted by Crippen LogP contribution is -2.03. The van der Waals surface area contributed by atoms with Crippen molar-refractivity contribution in [2.24, 2.45) is 0 Å². The smallest absolute Gasteiger partial charge is 0.340 e. The third kappa shape index (κ3) is 1.55. The quantitative estimate of drug-likeness (QED) is 0.640. The van der Waals surface area contributed by atoms with Gasteiger partial charge < -0.3 is 9.72 Å². The highest BCUT2D eigenvalue weighted by Gasteiger charge is 2.19. The van der Waals surface area contributed by atoms with E-state index < -0.39 is 5.97 Å². The van der Waals surface area contributed by atoms with Gasteiger partial charge in [-0.3, -0.25) is 4.79 Å². The van der Waals surface area contributed by atoms with Gasteiger partial charge in [-0.2, -0.15) is 0 Å². The first-order valence-electron chi connectivity index (χ1n) is 4.38. The van der Waals surface area contributed by atoms with E-state index in [1.54, 1.807) is 6.07 Å². The fourth-order valence-electron chi connectivity index (χ4n) is 1.47. The van der Waals surface area contributed by atoms with Crippen LogP contribution in [-0.4, -0.2) is 29.3 Å². The Hall–Kier alpha value is -1.88. The minimum atomic E-state index is -0.600. The summed E-state index contributed by atoms with van der Waals surface area (Å²) >= 11 is 5.77. The molecular weight excluding hydrogens is 232 g/mol. The number of aldehydes is 1. The van der Waals surface area contributed by atoms with Crippen molar-refractivity contribution in [1.82, 2.24) is 9.97 Å². The van der Waals surface area contributed by atoms with Crippen molar-refractivity contribution >= 4 is 34.9 Å². The van der Waals surface area contributed by atoms with Gasteiger partial charge in [-0.25, -0.2) is 9.78 Å². The standard InChI is InChI=1S/C10H7ClN2O3/c1-16-10(15)8-6-2-5(11)3-12-9(6)13-7(8)4-14/h2-4H,1H3,(H,12,13). The first kappa shape index (κ1) is 10.6. The Balaban J connectivity index is 2.80. The second-order valence-electron chi connectivity index (χ2n) is 3.07. The minimum Gasteiger partial charge on any atom is -0.465 e. The molecule has 0 atom stereocenters. The molecule has 0 aliphatic heterocycles. The van der Waals surface area contributed by atoms with E-state index in [9.17, 15) is 9.59 Å². The number of carbonyl (C=O) groups is 2. The Kier molecular flexibility index (Phi) is 2.62. The zero-order chi connectivity index (χ0) is 11.7. The van der Waals surface area contributed by atoms with Crippen LogP contribution in [0.2, 0.25) is 5.02 Å². The average molecular weight is 239 g/mol. The lowest BCUT2D eigenvalue weighted by molar-refractivity contribution is 0.0600. The molecule has 16 heavy (non-hydrogen) atoms. The molecule has 1 N–H and O–H groups in total. The fraction of sp³-hybridized carbons (Fsp3) is 0.100. The molecule has 0 unspecified atom stereocenters. The van der Waals surface area contributed by atoms with Crippen LogP contribution in [0.1, 0.15) is 20.8 Å². The van der Waals surface area contributed by atoms with Crippen molar-refractivity contribution in [2.75, 3.05) is 7.11 Å². The first-order valence-corrected chi connectivity index (χ1v) is 4.76. The van der Waals surface area contributed by atoms with Crippen molar-refractivity contribution in [2.45, 2.75) is 0 Å². The van der Waals surface area contributed by atoms with Crippen molar-refractivity contribution < 1.29 is 14.3 Å². The molecule has 0 saturated heterocycles. The van der Waals surface area contributed by atoms with Gasteiger partial charge >= 0.3 is 5.97 Å². The number of nitrogens with one attached hydrogen (secondary N) is 1. The fourth-order valence-corrected chi connectivity index (χ4v) is 1.63. The van der Waals surface area contributed by atoms with E-state index in [0.29, 0.717) is 22.3 Å². The normalized spacial score (nSPS) is 10.4. The topological polar surface area (TPSA) is 72.1 Å². The van der Waals surface area contributed by atoms with Crippen LogP contribution < -0.4 is 0 Å². The third-order valence-corrected chi connectivity index (χ3v) is 2.36. The van der Waals surface area contributed by atoms with Crippen LogP contribution in [0.3, 0.4) is 0 Å². The van der Waals surface area contributed by atoms with Crippen molar-refractivity contribution in [3.8, 4) is 0 Å². The number of halogens is 1. The number of hydrogen-bond donors (Lipinski definition) is 1. The van der Waals surface area contributed by atoms with Gasteiger partial charge in [-0.05, 0) is 6.07 Å². The van der Waals surface area contributed by atoms with Crippen molar-refractivity contribution in [3.63, 3.8) is 0 Å². The Morgan fingerprint density at radius 3 is 3.00 bits per heavy atom.